The van der Waals surface area contributed by atoms with E-state index in [2.05, 4.69) is 25.5 Å². The molecule has 12 heteroatoms. The van der Waals surface area contributed by atoms with Crippen LogP contribution in [0.1, 0.15) is 49.0 Å². The number of primary amides is 1. The number of nitrogens with zero attached hydrogens (tertiary/aromatic N) is 3. The van der Waals surface area contributed by atoms with Crippen molar-refractivity contribution in [3.8, 4) is 5.75 Å². The third kappa shape index (κ3) is 5.69. The molecule has 11 nitrogen and oxygen atoms in total. The Balaban J connectivity index is 1.34. The van der Waals surface area contributed by atoms with Gasteiger partial charge < -0.3 is 40.6 Å². The number of nitrogens with two attached hydrogens (primary N) is 1. The van der Waals surface area contributed by atoms with Crippen molar-refractivity contribution in [3.63, 3.8) is 0 Å². The Hall–Kier alpha value is -2.86. The van der Waals surface area contributed by atoms with E-state index < -0.39 is 11.7 Å². The molecule has 0 unspecified atom stereocenters. The van der Waals surface area contributed by atoms with Crippen molar-refractivity contribution in [3.05, 3.63) is 29.0 Å². The monoisotopic (exact) mass is 532 g/mol. The first-order chi connectivity index (χ1) is 17.9. The fourth-order valence-electron chi connectivity index (χ4n) is 5.21. The van der Waals surface area contributed by atoms with Gasteiger partial charge in [0.05, 0.1) is 32.1 Å². The second-order valence-electron chi connectivity index (χ2n) is 9.68. The molecule has 1 saturated carbocycles. The van der Waals surface area contributed by atoms with Crippen LogP contribution in [0.15, 0.2) is 18.2 Å². The first kappa shape index (κ1) is 25.8. The van der Waals surface area contributed by atoms with Crippen LogP contribution in [0.2, 0.25) is 5.15 Å². The average Bonchev–Trinajstić information content (AvgIpc) is 3.35. The van der Waals surface area contributed by atoms with Crippen molar-refractivity contribution in [1.29, 1.82) is 0 Å². The van der Waals surface area contributed by atoms with Crippen LogP contribution in [0.5, 0.6) is 5.75 Å². The molecule has 1 aliphatic carbocycles. The van der Waals surface area contributed by atoms with E-state index in [1.54, 1.807) is 7.11 Å². The second-order valence-corrected chi connectivity index (χ2v) is 10.0. The standard InChI is InChI=1S/C25H33ClN6O5/c1-35-19-14-16(4-7-18(19)32-10-8-25(9-11-32)36-12-13-37-25)29-23-20(22(27)34)30-21(26)24(31-23)28-15-2-5-17(33)6-3-15/h4,7,14-15,17,33H,2-3,5-6,8-13H2,1H3,(H2,27,34)(H2,28,29,31). The summed E-state index contributed by atoms with van der Waals surface area (Å²) in [7, 11) is 1.62. The lowest BCUT2D eigenvalue weighted by Crippen LogP contribution is -2.45. The number of amides is 1. The molecule has 3 fully saturated rings. The summed E-state index contributed by atoms with van der Waals surface area (Å²) in [4.78, 5) is 23.1. The molecule has 1 aromatic heterocycles. The van der Waals surface area contributed by atoms with Gasteiger partial charge in [0.15, 0.2) is 28.3 Å². The molecule has 3 heterocycles. The van der Waals surface area contributed by atoms with E-state index in [-0.39, 0.29) is 28.8 Å². The maximum Gasteiger partial charge on any atom is 0.271 e. The van der Waals surface area contributed by atoms with E-state index in [0.29, 0.717) is 43.3 Å². The van der Waals surface area contributed by atoms with Gasteiger partial charge in [0.2, 0.25) is 0 Å². The molecule has 5 N–H and O–H groups in total. The van der Waals surface area contributed by atoms with Crippen molar-refractivity contribution < 1.29 is 24.1 Å². The van der Waals surface area contributed by atoms with Gasteiger partial charge in [0, 0.05) is 43.7 Å². The number of hydrogen-bond donors (Lipinski definition) is 4. The minimum Gasteiger partial charge on any atom is -0.495 e. The molecule has 0 radical (unpaired) electrons. The number of carbonyl (C=O) groups is 1. The lowest BCUT2D eigenvalue weighted by molar-refractivity contribution is -0.169. The Morgan fingerprint density at radius 2 is 1.86 bits per heavy atom. The fourth-order valence-corrected chi connectivity index (χ4v) is 5.39. The molecular weight excluding hydrogens is 500 g/mol. The molecule has 5 rings (SSSR count). The molecule has 200 valence electrons. The van der Waals surface area contributed by atoms with Gasteiger partial charge in [-0.2, -0.15) is 0 Å². The Labute approximate surface area is 220 Å². The number of aliphatic hydroxyl groups excluding tert-OH is 1. The molecule has 1 spiro atoms. The number of ether oxygens (including phenoxy) is 3. The minimum absolute atomic E-state index is 0.0597. The number of benzene rings is 1. The molecule has 2 aromatic rings. The van der Waals surface area contributed by atoms with Gasteiger partial charge in [-0.15, -0.1) is 0 Å². The number of nitrogens with one attached hydrogen (secondary N) is 2. The number of carbonyl (C=O) groups excluding carboxylic acids is 1. The summed E-state index contributed by atoms with van der Waals surface area (Å²) in [5.74, 6) is 0.0350. The summed E-state index contributed by atoms with van der Waals surface area (Å²) in [5, 5.41) is 16.3. The number of halogens is 1. The number of aliphatic hydroxyl groups is 1. The smallest absolute Gasteiger partial charge is 0.271 e. The highest BCUT2D eigenvalue weighted by atomic mass is 35.5. The SMILES string of the molecule is COc1cc(Nc2nc(NC3CCC(O)CC3)c(Cl)nc2C(N)=O)ccc1N1CCC2(CC1)OCCO2. The first-order valence-corrected chi connectivity index (χ1v) is 13.0. The van der Waals surface area contributed by atoms with Crippen molar-refractivity contribution in [2.45, 2.75) is 56.5 Å². The molecule has 0 bridgehead atoms. The van der Waals surface area contributed by atoms with Crippen LogP contribution in [-0.2, 0) is 9.47 Å². The third-order valence-electron chi connectivity index (χ3n) is 7.25. The minimum atomic E-state index is -0.744. The van der Waals surface area contributed by atoms with E-state index in [4.69, 9.17) is 31.5 Å². The van der Waals surface area contributed by atoms with Gasteiger partial charge in [-0.25, -0.2) is 9.97 Å². The average molecular weight is 533 g/mol. The van der Waals surface area contributed by atoms with Crippen LogP contribution >= 0.6 is 11.6 Å². The maximum absolute atomic E-state index is 12.1. The largest absolute Gasteiger partial charge is 0.495 e. The van der Waals surface area contributed by atoms with Crippen LogP contribution < -0.4 is 26.0 Å². The van der Waals surface area contributed by atoms with E-state index in [9.17, 15) is 9.90 Å². The fraction of sp³-hybridized carbons (Fsp3) is 0.560. The maximum atomic E-state index is 12.1. The van der Waals surface area contributed by atoms with Crippen LogP contribution in [0.25, 0.3) is 0 Å². The summed E-state index contributed by atoms with van der Waals surface area (Å²) in [5.41, 5.74) is 7.13. The Kier molecular flexibility index (Phi) is 7.57. The number of piperidine rings is 1. The summed E-state index contributed by atoms with van der Waals surface area (Å²) in [6.07, 6.45) is 4.28. The lowest BCUT2D eigenvalue weighted by Gasteiger charge is -2.39. The zero-order chi connectivity index (χ0) is 26.0. The number of anilines is 4. The predicted octanol–water partition coefficient (Wildman–Crippen LogP) is 3.04. The molecule has 37 heavy (non-hydrogen) atoms. The molecule has 3 aliphatic rings. The Morgan fingerprint density at radius 3 is 2.51 bits per heavy atom. The molecule has 1 amide bonds. The zero-order valence-corrected chi connectivity index (χ0v) is 21.6. The normalized spacial score (nSPS) is 23.2. The second kappa shape index (κ2) is 10.9. The third-order valence-corrected chi connectivity index (χ3v) is 7.51. The number of rotatable bonds is 7. The molecule has 2 saturated heterocycles. The number of aromatic nitrogens is 2. The van der Waals surface area contributed by atoms with E-state index in [1.165, 1.54) is 0 Å². The molecule has 2 aliphatic heterocycles. The number of methoxy groups -OCH3 is 1. The summed E-state index contributed by atoms with van der Waals surface area (Å²) >= 11 is 6.33. The van der Waals surface area contributed by atoms with Gasteiger partial charge in [-0.1, -0.05) is 11.6 Å². The van der Waals surface area contributed by atoms with Crippen LogP contribution in [0, 0.1) is 0 Å². The highest BCUT2D eigenvalue weighted by Crippen LogP contribution is 2.38. The Morgan fingerprint density at radius 1 is 1.16 bits per heavy atom. The van der Waals surface area contributed by atoms with E-state index >= 15 is 0 Å². The molecule has 1 aromatic carbocycles. The van der Waals surface area contributed by atoms with Crippen LogP contribution in [0.3, 0.4) is 0 Å². The van der Waals surface area contributed by atoms with Crippen molar-refractivity contribution in [2.24, 2.45) is 5.73 Å². The van der Waals surface area contributed by atoms with Gasteiger partial charge in [-0.3, -0.25) is 4.79 Å². The lowest BCUT2D eigenvalue weighted by atomic mass is 9.93. The summed E-state index contributed by atoms with van der Waals surface area (Å²) in [6, 6.07) is 5.81. The van der Waals surface area contributed by atoms with Crippen LogP contribution in [-0.4, -0.2) is 72.3 Å². The van der Waals surface area contributed by atoms with Crippen LogP contribution in [0.4, 0.5) is 23.0 Å². The highest BCUT2D eigenvalue weighted by molar-refractivity contribution is 6.32. The quantitative estimate of drug-likeness (QED) is 0.420. The highest BCUT2D eigenvalue weighted by Gasteiger charge is 2.40. The van der Waals surface area contributed by atoms with Crippen molar-refractivity contribution >= 4 is 40.5 Å². The molecular formula is C25H33ClN6O5. The van der Waals surface area contributed by atoms with Gasteiger partial charge in [0.25, 0.3) is 5.91 Å². The van der Waals surface area contributed by atoms with E-state index in [0.717, 1.165) is 44.5 Å². The van der Waals surface area contributed by atoms with Crippen molar-refractivity contribution in [2.75, 3.05) is 48.9 Å². The predicted molar refractivity (Wildman–Crippen MR) is 140 cm³/mol. The van der Waals surface area contributed by atoms with Gasteiger partial charge in [-0.05, 0) is 37.8 Å². The van der Waals surface area contributed by atoms with Crippen molar-refractivity contribution in [1.82, 2.24) is 9.97 Å². The van der Waals surface area contributed by atoms with E-state index in [1.807, 2.05) is 18.2 Å². The number of hydrogen-bond acceptors (Lipinski definition) is 10. The molecule has 0 atom stereocenters. The van der Waals surface area contributed by atoms with Gasteiger partial charge >= 0.3 is 0 Å². The first-order valence-electron chi connectivity index (χ1n) is 12.7. The topological polar surface area (TPSA) is 144 Å². The summed E-state index contributed by atoms with van der Waals surface area (Å²) < 4.78 is 17.4. The van der Waals surface area contributed by atoms with Gasteiger partial charge in [0.1, 0.15) is 5.75 Å². The summed E-state index contributed by atoms with van der Waals surface area (Å²) in [6.45, 7) is 2.85. The Bertz CT molecular complexity index is 1130. The zero-order valence-electron chi connectivity index (χ0n) is 20.8.